The highest BCUT2D eigenvalue weighted by Gasteiger charge is 2.28. The van der Waals surface area contributed by atoms with E-state index in [0.717, 1.165) is 0 Å². The quantitative estimate of drug-likeness (QED) is 0.787. The standard InChI is InChI=1S/C16H13N3O4S/c1-9-17-16(23-19-9)14-10(6-7-24-14)18-15(20)13-8-21-11-4-2-3-5-12(11)22-13/h2-7,13H,8H2,1H3,(H,18,20)/t13-/m0/s1. The van der Waals surface area contributed by atoms with E-state index in [1.54, 1.807) is 25.1 Å². The molecule has 1 aliphatic rings. The monoisotopic (exact) mass is 343 g/mol. The Kier molecular flexibility index (Phi) is 3.66. The van der Waals surface area contributed by atoms with Crippen molar-refractivity contribution in [2.75, 3.05) is 11.9 Å². The third kappa shape index (κ3) is 2.71. The minimum absolute atomic E-state index is 0.155. The number of ether oxygens (including phenoxy) is 2. The summed E-state index contributed by atoms with van der Waals surface area (Å²) in [5.74, 6) is 1.82. The first-order valence-electron chi connectivity index (χ1n) is 7.28. The van der Waals surface area contributed by atoms with E-state index in [1.165, 1.54) is 11.3 Å². The summed E-state index contributed by atoms with van der Waals surface area (Å²) >= 11 is 1.41. The third-order valence-electron chi connectivity index (χ3n) is 3.45. The lowest BCUT2D eigenvalue weighted by molar-refractivity contribution is -0.125. The second-order valence-corrected chi connectivity index (χ2v) is 6.08. The number of aryl methyl sites for hydroxylation is 1. The van der Waals surface area contributed by atoms with Crippen LogP contribution >= 0.6 is 11.3 Å². The van der Waals surface area contributed by atoms with Crippen LogP contribution in [-0.4, -0.2) is 28.8 Å². The van der Waals surface area contributed by atoms with E-state index in [9.17, 15) is 4.79 Å². The zero-order chi connectivity index (χ0) is 16.5. The molecule has 1 aliphatic heterocycles. The van der Waals surface area contributed by atoms with Crippen molar-refractivity contribution in [3.8, 4) is 22.3 Å². The van der Waals surface area contributed by atoms with Gasteiger partial charge in [-0.15, -0.1) is 11.3 Å². The molecule has 3 heterocycles. The van der Waals surface area contributed by atoms with E-state index in [2.05, 4.69) is 15.5 Å². The number of nitrogens with zero attached hydrogens (tertiary/aromatic N) is 2. The maximum atomic E-state index is 12.5. The van der Waals surface area contributed by atoms with Gasteiger partial charge in [0.15, 0.2) is 17.3 Å². The van der Waals surface area contributed by atoms with E-state index >= 15 is 0 Å². The number of anilines is 1. The molecule has 24 heavy (non-hydrogen) atoms. The van der Waals surface area contributed by atoms with Gasteiger partial charge >= 0.3 is 0 Å². The zero-order valence-corrected chi connectivity index (χ0v) is 13.5. The Hall–Kier alpha value is -2.87. The SMILES string of the molecule is Cc1noc(-c2sccc2NC(=O)[C@@H]2COc3ccccc3O2)n1. The zero-order valence-electron chi connectivity index (χ0n) is 12.7. The number of thiophene rings is 1. The van der Waals surface area contributed by atoms with Gasteiger partial charge in [-0.3, -0.25) is 4.79 Å². The van der Waals surface area contributed by atoms with Crippen molar-refractivity contribution in [1.82, 2.24) is 10.1 Å². The van der Waals surface area contributed by atoms with Crippen LogP contribution in [0.5, 0.6) is 11.5 Å². The van der Waals surface area contributed by atoms with E-state index < -0.39 is 6.10 Å². The third-order valence-corrected chi connectivity index (χ3v) is 4.35. The molecule has 0 unspecified atom stereocenters. The van der Waals surface area contributed by atoms with Gasteiger partial charge in [-0.1, -0.05) is 17.3 Å². The largest absolute Gasteiger partial charge is 0.485 e. The topological polar surface area (TPSA) is 86.5 Å². The number of hydrogen-bond donors (Lipinski definition) is 1. The molecule has 8 heteroatoms. The lowest BCUT2D eigenvalue weighted by Gasteiger charge is -2.25. The molecule has 1 N–H and O–H groups in total. The summed E-state index contributed by atoms with van der Waals surface area (Å²) in [5.41, 5.74) is 0.608. The van der Waals surface area contributed by atoms with Crippen LogP contribution in [0, 0.1) is 6.92 Å². The lowest BCUT2D eigenvalue weighted by atomic mass is 10.2. The van der Waals surface area contributed by atoms with Gasteiger partial charge in [0.25, 0.3) is 11.8 Å². The molecule has 4 rings (SSSR count). The van der Waals surface area contributed by atoms with Crippen LogP contribution in [0.15, 0.2) is 40.2 Å². The predicted molar refractivity (Wildman–Crippen MR) is 87.3 cm³/mol. The Morgan fingerprint density at radius 1 is 1.29 bits per heavy atom. The van der Waals surface area contributed by atoms with Gasteiger partial charge in [-0.05, 0) is 30.5 Å². The second-order valence-electron chi connectivity index (χ2n) is 5.16. The highest BCUT2D eigenvalue weighted by molar-refractivity contribution is 7.14. The summed E-state index contributed by atoms with van der Waals surface area (Å²) in [6.07, 6.45) is -0.725. The molecule has 7 nitrogen and oxygen atoms in total. The molecule has 0 fully saturated rings. The number of carbonyl (C=O) groups excluding carboxylic acids is 1. The maximum absolute atomic E-state index is 12.5. The number of aromatic nitrogens is 2. The average Bonchev–Trinajstić information content (AvgIpc) is 3.23. The Balaban J connectivity index is 1.51. The molecule has 1 amide bonds. The van der Waals surface area contributed by atoms with E-state index in [1.807, 2.05) is 17.5 Å². The molecule has 2 aromatic heterocycles. The molecule has 3 aromatic rings. The Morgan fingerprint density at radius 2 is 2.12 bits per heavy atom. The minimum atomic E-state index is -0.725. The van der Waals surface area contributed by atoms with Gasteiger partial charge in [-0.2, -0.15) is 4.98 Å². The smallest absolute Gasteiger partial charge is 0.270 e. The summed E-state index contributed by atoms with van der Waals surface area (Å²) in [6.45, 7) is 1.89. The summed E-state index contributed by atoms with van der Waals surface area (Å²) in [5, 5.41) is 8.45. The van der Waals surface area contributed by atoms with Crippen molar-refractivity contribution in [3.05, 3.63) is 41.5 Å². The molecule has 122 valence electrons. The molecule has 0 saturated carbocycles. The number of para-hydroxylation sites is 2. The van der Waals surface area contributed by atoms with Crippen LogP contribution in [0.25, 0.3) is 10.8 Å². The van der Waals surface area contributed by atoms with Crippen molar-refractivity contribution in [1.29, 1.82) is 0 Å². The van der Waals surface area contributed by atoms with Crippen molar-refractivity contribution in [2.45, 2.75) is 13.0 Å². The van der Waals surface area contributed by atoms with Gasteiger partial charge in [0.1, 0.15) is 11.5 Å². The first kappa shape index (κ1) is 14.7. The summed E-state index contributed by atoms with van der Waals surface area (Å²) < 4.78 is 16.4. The summed E-state index contributed by atoms with van der Waals surface area (Å²) in [6, 6.07) is 9.05. The van der Waals surface area contributed by atoms with E-state index in [0.29, 0.717) is 33.8 Å². The summed E-state index contributed by atoms with van der Waals surface area (Å²) in [4.78, 5) is 17.4. The fourth-order valence-corrected chi connectivity index (χ4v) is 3.09. The Labute approximate surface area is 141 Å². The number of nitrogens with one attached hydrogen (secondary N) is 1. The molecule has 1 aromatic carbocycles. The predicted octanol–water partition coefficient (Wildman–Crippen LogP) is 2.89. The molecule has 1 atom stereocenters. The van der Waals surface area contributed by atoms with Crippen LogP contribution in [0.4, 0.5) is 5.69 Å². The molecular weight excluding hydrogens is 330 g/mol. The first-order valence-corrected chi connectivity index (χ1v) is 8.16. The highest BCUT2D eigenvalue weighted by Crippen LogP contribution is 2.34. The van der Waals surface area contributed by atoms with E-state index in [4.69, 9.17) is 14.0 Å². The molecular formula is C16H13N3O4S. The van der Waals surface area contributed by atoms with Gasteiger partial charge < -0.3 is 19.3 Å². The van der Waals surface area contributed by atoms with Crippen molar-refractivity contribution >= 4 is 22.9 Å². The fraction of sp³-hybridized carbons (Fsp3) is 0.188. The van der Waals surface area contributed by atoms with Crippen molar-refractivity contribution < 1.29 is 18.8 Å². The van der Waals surface area contributed by atoms with Crippen LogP contribution in [0.2, 0.25) is 0 Å². The van der Waals surface area contributed by atoms with Gasteiger partial charge in [0, 0.05) is 0 Å². The number of carbonyl (C=O) groups is 1. The van der Waals surface area contributed by atoms with Crippen LogP contribution in [0.1, 0.15) is 5.82 Å². The second kappa shape index (κ2) is 5.97. The van der Waals surface area contributed by atoms with Gasteiger partial charge in [0.05, 0.1) is 5.69 Å². The Morgan fingerprint density at radius 3 is 2.92 bits per heavy atom. The average molecular weight is 343 g/mol. The minimum Gasteiger partial charge on any atom is -0.485 e. The molecule has 0 spiro atoms. The lowest BCUT2D eigenvalue weighted by Crippen LogP contribution is -2.40. The van der Waals surface area contributed by atoms with Crippen LogP contribution < -0.4 is 14.8 Å². The molecule has 0 radical (unpaired) electrons. The van der Waals surface area contributed by atoms with E-state index in [-0.39, 0.29) is 12.5 Å². The highest BCUT2D eigenvalue weighted by atomic mass is 32.1. The van der Waals surface area contributed by atoms with Gasteiger partial charge in [0.2, 0.25) is 6.10 Å². The Bertz CT molecular complexity index is 889. The number of benzene rings is 1. The van der Waals surface area contributed by atoms with Crippen molar-refractivity contribution in [2.24, 2.45) is 0 Å². The van der Waals surface area contributed by atoms with Crippen molar-refractivity contribution in [3.63, 3.8) is 0 Å². The van der Waals surface area contributed by atoms with Gasteiger partial charge in [-0.25, -0.2) is 0 Å². The molecule has 0 aliphatic carbocycles. The summed E-state index contributed by atoms with van der Waals surface area (Å²) in [7, 11) is 0. The molecule has 0 saturated heterocycles. The van der Waals surface area contributed by atoms with Crippen LogP contribution in [-0.2, 0) is 4.79 Å². The normalized spacial score (nSPS) is 16.0. The number of amides is 1. The molecule has 0 bridgehead atoms. The number of rotatable bonds is 3. The first-order chi connectivity index (χ1) is 11.7. The number of hydrogen-bond acceptors (Lipinski definition) is 7. The fourth-order valence-electron chi connectivity index (χ4n) is 2.32. The van der Waals surface area contributed by atoms with Crippen LogP contribution in [0.3, 0.4) is 0 Å². The maximum Gasteiger partial charge on any atom is 0.270 e. The number of fused-ring (bicyclic) bond motifs is 1.